The molecule has 218 valence electrons. The van der Waals surface area contributed by atoms with Gasteiger partial charge in [-0.15, -0.1) is 0 Å². The Hall–Kier alpha value is -3.07. The van der Waals surface area contributed by atoms with Gasteiger partial charge in [0.1, 0.15) is 12.6 Å². The van der Waals surface area contributed by atoms with Crippen molar-refractivity contribution in [1.29, 1.82) is 0 Å². The largest absolute Gasteiger partial charge is 0.352 e. The van der Waals surface area contributed by atoms with Crippen molar-refractivity contribution >= 4 is 50.7 Å². The fraction of sp³-hybridized carbons (Fsp3) is 0.355. The number of nitrogens with zero attached hydrogens (tertiary/aromatic N) is 2. The maximum atomic E-state index is 14.1. The molecular formula is C31H35Cl2N3O4S. The summed E-state index contributed by atoms with van der Waals surface area (Å²) in [7, 11) is -4.13. The molecule has 3 aromatic rings. The standard InChI is InChI=1S/C31H35Cl2N3O4S/c1-21-11-15-25(16-12-21)36(41(39,40)26-17-13-22(2)14-18-26)20-30(37)35(19-27-28(32)9-6-10-29(27)33)23(3)31(38)34-24-7-4-5-8-24/h6,9-18,23-24H,4-5,7-8,19-20H2,1-3H3,(H,34,38). The van der Waals surface area contributed by atoms with Gasteiger partial charge < -0.3 is 10.2 Å². The maximum absolute atomic E-state index is 14.1. The van der Waals surface area contributed by atoms with Gasteiger partial charge in [-0.05, 0) is 70.0 Å². The summed E-state index contributed by atoms with van der Waals surface area (Å²) in [5, 5.41) is 3.75. The SMILES string of the molecule is Cc1ccc(N(CC(=O)N(Cc2c(Cl)cccc2Cl)C(C)C(=O)NC2CCCC2)S(=O)(=O)c2ccc(C)cc2)cc1. The molecule has 0 aromatic heterocycles. The zero-order valence-corrected chi connectivity index (χ0v) is 25.8. The highest BCUT2D eigenvalue weighted by atomic mass is 35.5. The molecule has 1 aliphatic carbocycles. The van der Waals surface area contributed by atoms with Gasteiger partial charge in [-0.2, -0.15) is 0 Å². The summed E-state index contributed by atoms with van der Waals surface area (Å²) in [6.45, 7) is 4.81. The van der Waals surface area contributed by atoms with Crippen LogP contribution >= 0.6 is 23.2 Å². The Kier molecular flexibility index (Phi) is 10.00. The smallest absolute Gasteiger partial charge is 0.264 e. The van der Waals surface area contributed by atoms with Crippen LogP contribution in [0.4, 0.5) is 5.69 Å². The predicted molar refractivity (Wildman–Crippen MR) is 164 cm³/mol. The summed E-state index contributed by atoms with van der Waals surface area (Å²) in [5.41, 5.74) is 2.67. The third-order valence-corrected chi connectivity index (χ3v) is 9.97. The van der Waals surface area contributed by atoms with Crippen molar-refractivity contribution in [3.8, 4) is 0 Å². The lowest BCUT2D eigenvalue weighted by Crippen LogP contribution is -2.52. The van der Waals surface area contributed by atoms with E-state index in [1.165, 1.54) is 17.0 Å². The molecule has 1 atom stereocenters. The average Bonchev–Trinajstić information content (AvgIpc) is 3.45. The molecule has 1 aliphatic rings. The number of anilines is 1. The van der Waals surface area contributed by atoms with Gasteiger partial charge in [0.25, 0.3) is 10.0 Å². The van der Waals surface area contributed by atoms with Gasteiger partial charge in [0, 0.05) is 28.2 Å². The van der Waals surface area contributed by atoms with Crippen molar-refractivity contribution < 1.29 is 18.0 Å². The van der Waals surface area contributed by atoms with Crippen LogP contribution in [0, 0.1) is 13.8 Å². The third-order valence-electron chi connectivity index (χ3n) is 7.47. The van der Waals surface area contributed by atoms with E-state index in [2.05, 4.69) is 5.32 Å². The highest BCUT2D eigenvalue weighted by molar-refractivity contribution is 7.92. The van der Waals surface area contributed by atoms with Crippen LogP contribution in [0.25, 0.3) is 0 Å². The number of nitrogens with one attached hydrogen (secondary N) is 1. The zero-order chi connectivity index (χ0) is 29.7. The van der Waals surface area contributed by atoms with Crippen molar-refractivity contribution in [2.24, 2.45) is 0 Å². The number of amides is 2. The first-order valence-electron chi connectivity index (χ1n) is 13.7. The van der Waals surface area contributed by atoms with Crippen LogP contribution in [0.3, 0.4) is 0 Å². The summed E-state index contributed by atoms with van der Waals surface area (Å²) >= 11 is 12.9. The number of rotatable bonds is 10. The highest BCUT2D eigenvalue weighted by Gasteiger charge is 2.34. The van der Waals surface area contributed by atoms with E-state index < -0.39 is 28.5 Å². The minimum absolute atomic E-state index is 0.0526. The second kappa shape index (κ2) is 13.3. The molecule has 7 nitrogen and oxygen atoms in total. The normalized spacial score (nSPS) is 14.5. The van der Waals surface area contributed by atoms with Gasteiger partial charge in [-0.3, -0.25) is 13.9 Å². The van der Waals surface area contributed by atoms with E-state index in [4.69, 9.17) is 23.2 Å². The summed E-state index contributed by atoms with van der Waals surface area (Å²) < 4.78 is 28.9. The van der Waals surface area contributed by atoms with Crippen LogP contribution in [-0.2, 0) is 26.2 Å². The Morgan fingerprint density at radius 2 is 1.44 bits per heavy atom. The summed E-state index contributed by atoms with van der Waals surface area (Å²) in [6, 6.07) is 17.5. The predicted octanol–water partition coefficient (Wildman–Crippen LogP) is 6.28. The molecule has 2 amide bonds. The highest BCUT2D eigenvalue weighted by Crippen LogP contribution is 2.29. The van der Waals surface area contributed by atoms with Crippen molar-refractivity contribution in [1.82, 2.24) is 10.2 Å². The maximum Gasteiger partial charge on any atom is 0.264 e. The van der Waals surface area contributed by atoms with Crippen LogP contribution in [-0.4, -0.2) is 43.8 Å². The van der Waals surface area contributed by atoms with Crippen LogP contribution in [0.15, 0.2) is 71.6 Å². The van der Waals surface area contributed by atoms with Crippen LogP contribution in [0.2, 0.25) is 10.0 Å². The Morgan fingerprint density at radius 1 is 0.902 bits per heavy atom. The number of carbonyl (C=O) groups is 2. The fourth-order valence-corrected chi connectivity index (χ4v) is 6.84. The van der Waals surface area contributed by atoms with Crippen molar-refractivity contribution in [3.05, 3.63) is 93.5 Å². The molecular weight excluding hydrogens is 581 g/mol. The molecule has 41 heavy (non-hydrogen) atoms. The molecule has 10 heteroatoms. The number of hydrogen-bond donors (Lipinski definition) is 1. The van der Waals surface area contributed by atoms with Gasteiger partial charge in [-0.1, -0.05) is 77.5 Å². The van der Waals surface area contributed by atoms with E-state index in [1.54, 1.807) is 61.5 Å². The Morgan fingerprint density at radius 3 is 2.00 bits per heavy atom. The lowest BCUT2D eigenvalue weighted by molar-refractivity contribution is -0.139. The summed E-state index contributed by atoms with van der Waals surface area (Å²) in [5.74, 6) is -0.872. The Balaban J connectivity index is 1.71. The number of halogens is 2. The lowest BCUT2D eigenvalue weighted by Gasteiger charge is -2.33. The molecule has 1 fully saturated rings. The minimum Gasteiger partial charge on any atom is -0.352 e. The van der Waals surface area contributed by atoms with Crippen LogP contribution < -0.4 is 9.62 Å². The quantitative estimate of drug-likeness (QED) is 0.291. The first-order valence-corrected chi connectivity index (χ1v) is 15.9. The zero-order valence-electron chi connectivity index (χ0n) is 23.4. The number of benzene rings is 3. The van der Waals surface area contributed by atoms with Crippen molar-refractivity contribution in [3.63, 3.8) is 0 Å². The van der Waals surface area contributed by atoms with Gasteiger partial charge in [0.05, 0.1) is 10.6 Å². The number of sulfonamides is 1. The number of hydrogen-bond acceptors (Lipinski definition) is 4. The molecule has 0 aliphatic heterocycles. The van der Waals surface area contributed by atoms with E-state index in [0.717, 1.165) is 41.1 Å². The molecule has 1 N–H and O–H groups in total. The van der Waals surface area contributed by atoms with Gasteiger partial charge in [-0.25, -0.2) is 8.42 Å². The average molecular weight is 617 g/mol. The van der Waals surface area contributed by atoms with E-state index in [1.807, 2.05) is 13.8 Å². The van der Waals surface area contributed by atoms with Gasteiger partial charge >= 0.3 is 0 Å². The molecule has 1 saturated carbocycles. The van der Waals surface area contributed by atoms with E-state index in [9.17, 15) is 18.0 Å². The molecule has 0 spiro atoms. The molecule has 0 saturated heterocycles. The Labute approximate surface area is 252 Å². The molecule has 3 aromatic carbocycles. The second-order valence-electron chi connectivity index (χ2n) is 10.5. The van der Waals surface area contributed by atoms with E-state index in [-0.39, 0.29) is 23.4 Å². The molecule has 1 unspecified atom stereocenters. The van der Waals surface area contributed by atoms with Gasteiger partial charge in [0.2, 0.25) is 11.8 Å². The molecule has 0 radical (unpaired) electrons. The van der Waals surface area contributed by atoms with Crippen molar-refractivity contribution in [2.75, 3.05) is 10.8 Å². The lowest BCUT2D eigenvalue weighted by atomic mass is 10.1. The minimum atomic E-state index is -4.13. The number of aryl methyl sites for hydroxylation is 2. The topological polar surface area (TPSA) is 86.8 Å². The van der Waals surface area contributed by atoms with Crippen LogP contribution in [0.1, 0.15) is 49.3 Å². The fourth-order valence-electron chi connectivity index (χ4n) is 4.91. The summed E-state index contributed by atoms with van der Waals surface area (Å²) in [6.07, 6.45) is 3.86. The molecule has 0 heterocycles. The molecule has 0 bridgehead atoms. The molecule has 4 rings (SSSR count). The number of carbonyl (C=O) groups excluding carboxylic acids is 2. The first-order chi connectivity index (χ1) is 19.5. The van der Waals surface area contributed by atoms with Crippen molar-refractivity contribution in [2.45, 2.75) is 70.0 Å². The Bertz CT molecular complexity index is 1470. The van der Waals surface area contributed by atoms with Gasteiger partial charge in [0.15, 0.2) is 0 Å². The van der Waals surface area contributed by atoms with E-state index in [0.29, 0.717) is 21.3 Å². The summed E-state index contributed by atoms with van der Waals surface area (Å²) in [4.78, 5) is 28.8. The monoisotopic (exact) mass is 615 g/mol. The second-order valence-corrected chi connectivity index (χ2v) is 13.2. The first kappa shape index (κ1) is 30.9. The third kappa shape index (κ3) is 7.42. The van der Waals surface area contributed by atoms with E-state index >= 15 is 0 Å². The van der Waals surface area contributed by atoms with Crippen LogP contribution in [0.5, 0.6) is 0 Å².